The van der Waals surface area contributed by atoms with Crippen LogP contribution in [-0.4, -0.2) is 49.6 Å². The number of para-hydroxylation sites is 1. The molecule has 1 aliphatic rings. The van der Waals surface area contributed by atoms with E-state index in [1.807, 2.05) is 0 Å². The number of hydrogen-bond donors (Lipinski definition) is 2. The second kappa shape index (κ2) is 9.41. The third-order valence-electron chi connectivity index (χ3n) is 4.96. The van der Waals surface area contributed by atoms with Crippen LogP contribution in [-0.2, 0) is 21.4 Å². The molecule has 1 aromatic heterocycles. The Morgan fingerprint density at radius 1 is 1.21 bits per heavy atom. The summed E-state index contributed by atoms with van der Waals surface area (Å²) in [5.74, 6) is 0.843. The lowest BCUT2D eigenvalue weighted by Crippen LogP contribution is -2.39. The first-order chi connectivity index (χ1) is 13.9. The average molecular weight is 421 g/mol. The summed E-state index contributed by atoms with van der Waals surface area (Å²) < 4.78 is 32.2. The number of amides is 1. The van der Waals surface area contributed by atoms with Gasteiger partial charge in [-0.25, -0.2) is 13.4 Å². The maximum Gasteiger partial charge on any atom is 0.234 e. The number of nitrogens with zero attached hydrogens (tertiary/aromatic N) is 2. The number of aromatic nitrogens is 1. The SMILES string of the molecule is CCS(=O)(=O)Nc1ccccc1-c1nc(CNC(=O)CN2CCCCC2)c(C)o1. The fraction of sp³-hybridized carbons (Fsp3) is 0.500. The summed E-state index contributed by atoms with van der Waals surface area (Å²) in [6.07, 6.45) is 3.51. The molecular formula is C20H28N4O4S. The molecule has 0 radical (unpaired) electrons. The molecule has 1 amide bonds. The molecule has 2 heterocycles. The van der Waals surface area contributed by atoms with Crippen LogP contribution >= 0.6 is 0 Å². The van der Waals surface area contributed by atoms with E-state index in [-0.39, 0.29) is 18.2 Å². The molecule has 0 saturated carbocycles. The molecule has 1 fully saturated rings. The molecule has 0 bridgehead atoms. The first-order valence-corrected chi connectivity index (χ1v) is 11.6. The standard InChI is InChI=1S/C20H28N4O4S/c1-3-29(26,27)23-17-10-6-5-9-16(17)20-22-18(15(2)28-20)13-21-19(25)14-24-11-7-4-8-12-24/h5-6,9-10,23H,3-4,7-8,11-14H2,1-2H3,(H,21,25). The maximum atomic E-state index is 12.2. The zero-order valence-corrected chi connectivity index (χ0v) is 17.7. The highest BCUT2D eigenvalue weighted by atomic mass is 32.2. The Labute approximate surface area is 171 Å². The van der Waals surface area contributed by atoms with Gasteiger partial charge in [-0.15, -0.1) is 0 Å². The molecule has 0 atom stereocenters. The van der Waals surface area contributed by atoms with E-state index in [1.54, 1.807) is 38.1 Å². The first-order valence-electron chi connectivity index (χ1n) is 9.93. The van der Waals surface area contributed by atoms with Crippen molar-refractivity contribution in [2.75, 3.05) is 30.1 Å². The summed E-state index contributed by atoms with van der Waals surface area (Å²) >= 11 is 0. The monoisotopic (exact) mass is 420 g/mol. The fourth-order valence-corrected chi connectivity index (χ4v) is 3.92. The minimum atomic E-state index is -3.42. The molecule has 158 valence electrons. The van der Waals surface area contributed by atoms with Crippen LogP contribution in [0.5, 0.6) is 0 Å². The molecule has 29 heavy (non-hydrogen) atoms. The number of carbonyl (C=O) groups is 1. The average Bonchev–Trinajstić information content (AvgIpc) is 3.08. The van der Waals surface area contributed by atoms with Gasteiger partial charge in [0.15, 0.2) is 0 Å². The quantitative estimate of drug-likeness (QED) is 0.680. The number of aryl methyl sites for hydroxylation is 1. The van der Waals surface area contributed by atoms with Gasteiger partial charge in [0.1, 0.15) is 11.5 Å². The van der Waals surface area contributed by atoms with E-state index in [1.165, 1.54) is 6.42 Å². The zero-order valence-electron chi connectivity index (χ0n) is 16.9. The molecule has 1 aliphatic heterocycles. The van der Waals surface area contributed by atoms with Gasteiger partial charge in [0.2, 0.25) is 21.8 Å². The number of anilines is 1. The minimum Gasteiger partial charge on any atom is -0.441 e. The largest absolute Gasteiger partial charge is 0.441 e. The van der Waals surface area contributed by atoms with Crippen LogP contribution < -0.4 is 10.0 Å². The van der Waals surface area contributed by atoms with Crippen molar-refractivity contribution < 1.29 is 17.6 Å². The lowest BCUT2D eigenvalue weighted by molar-refractivity contribution is -0.122. The van der Waals surface area contributed by atoms with Gasteiger partial charge in [0, 0.05) is 0 Å². The number of carbonyl (C=O) groups excluding carboxylic acids is 1. The zero-order chi connectivity index (χ0) is 20.9. The van der Waals surface area contributed by atoms with Crippen molar-refractivity contribution in [2.24, 2.45) is 0 Å². The number of benzene rings is 1. The van der Waals surface area contributed by atoms with Gasteiger partial charge in [-0.1, -0.05) is 18.6 Å². The summed E-state index contributed by atoms with van der Waals surface area (Å²) in [6.45, 7) is 5.94. The highest BCUT2D eigenvalue weighted by Crippen LogP contribution is 2.29. The maximum absolute atomic E-state index is 12.2. The van der Waals surface area contributed by atoms with Crippen LogP contribution in [0.25, 0.3) is 11.5 Å². The minimum absolute atomic E-state index is 0.0275. The highest BCUT2D eigenvalue weighted by Gasteiger charge is 2.18. The molecule has 8 nitrogen and oxygen atoms in total. The third kappa shape index (κ3) is 5.80. The molecule has 0 aliphatic carbocycles. The lowest BCUT2D eigenvalue weighted by Gasteiger charge is -2.25. The number of likely N-dealkylation sites (tertiary alicyclic amines) is 1. The van der Waals surface area contributed by atoms with Gasteiger partial charge in [-0.2, -0.15) is 0 Å². The Kier molecular flexibility index (Phi) is 6.92. The van der Waals surface area contributed by atoms with Crippen LogP contribution in [0.2, 0.25) is 0 Å². The molecule has 3 rings (SSSR count). The molecule has 0 unspecified atom stereocenters. The van der Waals surface area contributed by atoms with Crippen molar-refractivity contribution in [2.45, 2.75) is 39.7 Å². The van der Waals surface area contributed by atoms with Crippen LogP contribution in [0.4, 0.5) is 5.69 Å². The molecule has 9 heteroatoms. The van der Waals surface area contributed by atoms with Crippen LogP contribution in [0.3, 0.4) is 0 Å². The van der Waals surface area contributed by atoms with E-state index in [0.717, 1.165) is 25.9 Å². The van der Waals surface area contributed by atoms with Gasteiger partial charge < -0.3 is 9.73 Å². The normalized spacial score (nSPS) is 15.2. The van der Waals surface area contributed by atoms with Gasteiger partial charge in [-0.3, -0.25) is 14.4 Å². The Hall–Kier alpha value is -2.39. The Morgan fingerprint density at radius 3 is 2.66 bits per heavy atom. The highest BCUT2D eigenvalue weighted by molar-refractivity contribution is 7.92. The van der Waals surface area contributed by atoms with E-state index < -0.39 is 10.0 Å². The summed E-state index contributed by atoms with van der Waals surface area (Å²) in [5, 5.41) is 2.90. The molecule has 0 spiro atoms. The van der Waals surface area contributed by atoms with Crippen LogP contribution in [0.15, 0.2) is 28.7 Å². The number of oxazole rings is 1. The van der Waals surface area contributed by atoms with Crippen molar-refractivity contribution in [1.82, 2.24) is 15.2 Å². The fourth-order valence-electron chi connectivity index (χ4n) is 3.26. The predicted molar refractivity (Wildman–Crippen MR) is 112 cm³/mol. The van der Waals surface area contributed by atoms with Crippen molar-refractivity contribution in [3.63, 3.8) is 0 Å². The second-order valence-corrected chi connectivity index (χ2v) is 9.20. The van der Waals surface area contributed by atoms with Crippen molar-refractivity contribution >= 4 is 21.6 Å². The van der Waals surface area contributed by atoms with Gasteiger partial charge >= 0.3 is 0 Å². The van der Waals surface area contributed by atoms with Gasteiger partial charge in [-0.05, 0) is 51.9 Å². The van der Waals surface area contributed by atoms with E-state index in [0.29, 0.717) is 35.1 Å². The predicted octanol–water partition coefficient (Wildman–Crippen LogP) is 2.51. The third-order valence-corrected chi connectivity index (χ3v) is 6.26. The van der Waals surface area contributed by atoms with E-state index >= 15 is 0 Å². The molecular weight excluding hydrogens is 392 g/mol. The Morgan fingerprint density at radius 2 is 1.93 bits per heavy atom. The number of nitrogens with one attached hydrogen (secondary N) is 2. The lowest BCUT2D eigenvalue weighted by atomic mass is 10.1. The summed E-state index contributed by atoms with van der Waals surface area (Å²) in [4.78, 5) is 18.9. The summed E-state index contributed by atoms with van der Waals surface area (Å²) in [5.41, 5.74) is 1.59. The van der Waals surface area contributed by atoms with Crippen LogP contribution in [0, 0.1) is 6.92 Å². The number of hydrogen-bond acceptors (Lipinski definition) is 6. The van der Waals surface area contributed by atoms with Crippen molar-refractivity contribution in [3.8, 4) is 11.5 Å². The topological polar surface area (TPSA) is 105 Å². The first kappa shape index (κ1) is 21.3. The molecule has 2 aromatic rings. The van der Waals surface area contributed by atoms with E-state index in [4.69, 9.17) is 4.42 Å². The summed E-state index contributed by atoms with van der Waals surface area (Å²) in [7, 11) is -3.42. The Balaban J connectivity index is 1.68. The van der Waals surface area contributed by atoms with E-state index in [2.05, 4.69) is 19.9 Å². The number of piperidine rings is 1. The van der Waals surface area contributed by atoms with E-state index in [9.17, 15) is 13.2 Å². The van der Waals surface area contributed by atoms with Crippen LogP contribution in [0.1, 0.15) is 37.6 Å². The number of rotatable bonds is 8. The smallest absolute Gasteiger partial charge is 0.234 e. The molecule has 1 aromatic carbocycles. The molecule has 2 N–H and O–H groups in total. The van der Waals surface area contributed by atoms with Gasteiger partial charge in [0.25, 0.3) is 0 Å². The van der Waals surface area contributed by atoms with Crippen molar-refractivity contribution in [1.29, 1.82) is 0 Å². The summed E-state index contributed by atoms with van der Waals surface area (Å²) in [6, 6.07) is 6.95. The van der Waals surface area contributed by atoms with Gasteiger partial charge in [0.05, 0.1) is 30.1 Å². The van der Waals surface area contributed by atoms with Crippen molar-refractivity contribution in [3.05, 3.63) is 35.7 Å². The molecule has 1 saturated heterocycles. The second-order valence-electron chi connectivity index (χ2n) is 7.19. The Bertz CT molecular complexity index is 949. The number of sulfonamides is 1.